The van der Waals surface area contributed by atoms with E-state index in [1.807, 2.05) is 0 Å². The van der Waals surface area contributed by atoms with Crippen LogP contribution in [-0.4, -0.2) is 28.3 Å². The van der Waals surface area contributed by atoms with Crippen molar-refractivity contribution in [2.45, 2.75) is 37.7 Å². The maximum Gasteiger partial charge on any atom is 0.258 e. The number of amides is 1. The summed E-state index contributed by atoms with van der Waals surface area (Å²) in [6, 6.07) is 3.70. The Morgan fingerprint density at radius 2 is 2.00 bits per heavy atom. The first-order chi connectivity index (χ1) is 9.02. The molecule has 1 aliphatic carbocycles. The molecule has 5 heteroatoms. The summed E-state index contributed by atoms with van der Waals surface area (Å²) >= 11 is 0. The minimum Gasteiger partial charge on any atom is -0.507 e. The van der Waals surface area contributed by atoms with Crippen LogP contribution in [0, 0.1) is 5.82 Å². The summed E-state index contributed by atoms with van der Waals surface area (Å²) < 4.78 is 13.5. The molecule has 0 bridgehead atoms. The highest BCUT2D eigenvalue weighted by molar-refractivity contribution is 5.97. The second-order valence-corrected chi connectivity index (χ2v) is 5.10. The Morgan fingerprint density at radius 1 is 1.32 bits per heavy atom. The van der Waals surface area contributed by atoms with Crippen LogP contribution in [0.2, 0.25) is 0 Å². The molecule has 0 aliphatic heterocycles. The summed E-state index contributed by atoms with van der Waals surface area (Å²) in [5.41, 5.74) is -1.28. The number of phenolic OH excluding ortho intramolecular Hbond substituents is 1. The number of benzene rings is 1. The van der Waals surface area contributed by atoms with E-state index in [1.54, 1.807) is 0 Å². The van der Waals surface area contributed by atoms with Gasteiger partial charge in [-0.25, -0.2) is 4.39 Å². The van der Waals surface area contributed by atoms with Crippen LogP contribution in [-0.2, 0) is 0 Å². The molecule has 0 saturated heterocycles. The van der Waals surface area contributed by atoms with Gasteiger partial charge in [0.2, 0.25) is 0 Å². The van der Waals surface area contributed by atoms with Crippen molar-refractivity contribution in [3.63, 3.8) is 0 Å². The van der Waals surface area contributed by atoms with Gasteiger partial charge < -0.3 is 15.5 Å². The summed E-state index contributed by atoms with van der Waals surface area (Å²) in [5, 5.41) is 22.2. The number of aliphatic hydroxyl groups is 1. The Kier molecular flexibility index (Phi) is 4.04. The third kappa shape index (κ3) is 3.23. The maximum atomic E-state index is 13.5. The zero-order valence-corrected chi connectivity index (χ0v) is 10.7. The zero-order chi connectivity index (χ0) is 13.9. The first-order valence-corrected chi connectivity index (χ1v) is 6.50. The lowest BCUT2D eigenvalue weighted by Crippen LogP contribution is -2.44. The van der Waals surface area contributed by atoms with Gasteiger partial charge in [-0.3, -0.25) is 4.79 Å². The lowest BCUT2D eigenvalue weighted by Gasteiger charge is -2.32. The number of aromatic hydroxyl groups is 1. The Hall–Kier alpha value is -1.62. The first-order valence-electron chi connectivity index (χ1n) is 6.50. The SMILES string of the molecule is O=C(NCC1(O)CCCCC1)c1c(O)cccc1F. The third-order valence-corrected chi connectivity index (χ3v) is 3.58. The van der Waals surface area contributed by atoms with Crippen LogP contribution in [0.5, 0.6) is 5.75 Å². The van der Waals surface area contributed by atoms with Gasteiger partial charge in [0.25, 0.3) is 5.91 Å². The lowest BCUT2D eigenvalue weighted by molar-refractivity contribution is 0.00518. The van der Waals surface area contributed by atoms with E-state index in [2.05, 4.69) is 5.32 Å². The summed E-state index contributed by atoms with van der Waals surface area (Å²) in [6.07, 6.45) is 4.21. The third-order valence-electron chi connectivity index (χ3n) is 3.58. The molecule has 1 aromatic rings. The van der Waals surface area contributed by atoms with Gasteiger partial charge in [0.15, 0.2) is 0 Å². The first kappa shape index (κ1) is 13.8. The normalized spacial score (nSPS) is 18.0. The molecule has 0 heterocycles. The van der Waals surface area contributed by atoms with E-state index in [9.17, 15) is 19.4 Å². The minimum absolute atomic E-state index is 0.0829. The number of hydrogen-bond acceptors (Lipinski definition) is 3. The predicted molar refractivity (Wildman–Crippen MR) is 68.4 cm³/mol. The van der Waals surface area contributed by atoms with Crippen molar-refractivity contribution in [2.75, 3.05) is 6.54 Å². The molecule has 0 unspecified atom stereocenters. The molecule has 1 fully saturated rings. The van der Waals surface area contributed by atoms with Crippen LogP contribution in [0.4, 0.5) is 4.39 Å². The van der Waals surface area contributed by atoms with Gasteiger partial charge in [0.05, 0.1) is 5.60 Å². The number of carbonyl (C=O) groups excluding carboxylic acids is 1. The Morgan fingerprint density at radius 3 is 2.63 bits per heavy atom. The Labute approximate surface area is 111 Å². The maximum absolute atomic E-state index is 13.5. The zero-order valence-electron chi connectivity index (χ0n) is 10.7. The van der Waals surface area contributed by atoms with Gasteiger partial charge in [0.1, 0.15) is 17.1 Å². The van der Waals surface area contributed by atoms with Gasteiger partial charge in [-0.1, -0.05) is 25.3 Å². The smallest absolute Gasteiger partial charge is 0.258 e. The monoisotopic (exact) mass is 267 g/mol. The average molecular weight is 267 g/mol. The van der Waals surface area contributed by atoms with Crippen LogP contribution < -0.4 is 5.32 Å². The Bertz CT molecular complexity index is 450. The van der Waals surface area contributed by atoms with Crippen LogP contribution in [0.25, 0.3) is 0 Å². The molecule has 1 aliphatic rings. The van der Waals surface area contributed by atoms with Crippen LogP contribution in [0.15, 0.2) is 18.2 Å². The molecular formula is C14H18FNO3. The van der Waals surface area contributed by atoms with E-state index in [0.717, 1.165) is 25.3 Å². The van der Waals surface area contributed by atoms with Crippen LogP contribution in [0.1, 0.15) is 42.5 Å². The summed E-state index contributed by atoms with van der Waals surface area (Å²) in [6.45, 7) is 0.0829. The number of halogens is 1. The summed E-state index contributed by atoms with van der Waals surface area (Å²) in [7, 11) is 0. The molecule has 1 aromatic carbocycles. The van der Waals surface area contributed by atoms with E-state index in [0.29, 0.717) is 12.8 Å². The molecule has 1 amide bonds. The lowest BCUT2D eigenvalue weighted by atomic mass is 9.85. The van der Waals surface area contributed by atoms with E-state index in [1.165, 1.54) is 12.1 Å². The highest BCUT2D eigenvalue weighted by Gasteiger charge is 2.30. The van der Waals surface area contributed by atoms with Crippen molar-refractivity contribution in [3.05, 3.63) is 29.6 Å². The van der Waals surface area contributed by atoms with Gasteiger partial charge in [0, 0.05) is 6.54 Å². The van der Waals surface area contributed by atoms with E-state index >= 15 is 0 Å². The van der Waals surface area contributed by atoms with E-state index in [-0.39, 0.29) is 12.1 Å². The fourth-order valence-electron chi connectivity index (χ4n) is 2.46. The summed E-state index contributed by atoms with van der Waals surface area (Å²) in [5.74, 6) is -1.86. The molecule has 1 saturated carbocycles. The quantitative estimate of drug-likeness (QED) is 0.784. The predicted octanol–water partition coefficient (Wildman–Crippen LogP) is 1.96. The second-order valence-electron chi connectivity index (χ2n) is 5.10. The topological polar surface area (TPSA) is 69.6 Å². The molecule has 4 nitrogen and oxygen atoms in total. The molecule has 19 heavy (non-hydrogen) atoms. The van der Waals surface area contributed by atoms with Gasteiger partial charge in [-0.05, 0) is 25.0 Å². The van der Waals surface area contributed by atoms with Gasteiger partial charge in [-0.2, -0.15) is 0 Å². The number of rotatable bonds is 3. The highest BCUT2D eigenvalue weighted by atomic mass is 19.1. The summed E-state index contributed by atoms with van der Waals surface area (Å²) in [4.78, 5) is 11.8. The van der Waals surface area contributed by atoms with Gasteiger partial charge in [-0.15, -0.1) is 0 Å². The van der Waals surface area contributed by atoms with E-state index < -0.39 is 23.1 Å². The van der Waals surface area contributed by atoms with Crippen molar-refractivity contribution in [1.29, 1.82) is 0 Å². The van der Waals surface area contributed by atoms with E-state index in [4.69, 9.17) is 0 Å². The van der Waals surface area contributed by atoms with Gasteiger partial charge >= 0.3 is 0 Å². The molecular weight excluding hydrogens is 249 g/mol. The van der Waals surface area contributed by atoms with Crippen LogP contribution in [0.3, 0.4) is 0 Å². The fraction of sp³-hybridized carbons (Fsp3) is 0.500. The van der Waals surface area contributed by atoms with Crippen molar-refractivity contribution in [1.82, 2.24) is 5.32 Å². The fourth-order valence-corrected chi connectivity index (χ4v) is 2.46. The number of nitrogens with one attached hydrogen (secondary N) is 1. The molecule has 3 N–H and O–H groups in total. The molecule has 104 valence electrons. The minimum atomic E-state index is -0.908. The highest BCUT2D eigenvalue weighted by Crippen LogP contribution is 2.27. The molecule has 2 rings (SSSR count). The second kappa shape index (κ2) is 5.57. The molecule has 0 aromatic heterocycles. The van der Waals surface area contributed by atoms with Crippen molar-refractivity contribution in [2.24, 2.45) is 0 Å². The number of carbonyl (C=O) groups is 1. The molecule has 0 spiro atoms. The molecule has 0 atom stereocenters. The van der Waals surface area contributed by atoms with Crippen molar-refractivity contribution in [3.8, 4) is 5.75 Å². The van der Waals surface area contributed by atoms with Crippen molar-refractivity contribution < 1.29 is 19.4 Å². The molecule has 0 radical (unpaired) electrons. The number of phenols is 1. The van der Waals surface area contributed by atoms with Crippen molar-refractivity contribution >= 4 is 5.91 Å². The standard InChI is InChI=1S/C14H18FNO3/c15-10-5-4-6-11(17)12(10)13(18)16-9-14(19)7-2-1-3-8-14/h4-6,17,19H,1-3,7-9H2,(H,16,18). The van der Waals surface area contributed by atoms with Crippen LogP contribution >= 0.6 is 0 Å². The average Bonchev–Trinajstić information content (AvgIpc) is 2.37. The Balaban J connectivity index is 2.01. The largest absolute Gasteiger partial charge is 0.507 e. The number of hydrogen-bond donors (Lipinski definition) is 3.